The number of hydrogen-bond donors (Lipinski definition) is 1. The summed E-state index contributed by atoms with van der Waals surface area (Å²) in [6.45, 7) is 0. The largest absolute Gasteiger partial charge is 0.384 e. The Bertz CT molecular complexity index is 633. The third kappa shape index (κ3) is 2.94. The number of rotatable bonds is 3. The van der Waals surface area contributed by atoms with Crippen LogP contribution in [0.1, 0.15) is 17.2 Å². The van der Waals surface area contributed by atoms with Gasteiger partial charge in [0.15, 0.2) is 0 Å². The molecular formula is C13H9BrClNO3. The van der Waals surface area contributed by atoms with Crippen LogP contribution in [-0.4, -0.2) is 10.0 Å². The maximum Gasteiger partial charge on any atom is 0.270 e. The van der Waals surface area contributed by atoms with Gasteiger partial charge in [-0.1, -0.05) is 45.7 Å². The summed E-state index contributed by atoms with van der Waals surface area (Å²) in [6.07, 6.45) is -0.941. The van der Waals surface area contributed by atoms with Crippen molar-refractivity contribution in [2.45, 2.75) is 6.10 Å². The normalized spacial score (nSPS) is 12.2. The molecule has 0 heterocycles. The van der Waals surface area contributed by atoms with Crippen LogP contribution in [0.5, 0.6) is 0 Å². The highest BCUT2D eigenvalue weighted by molar-refractivity contribution is 9.10. The molecule has 6 heteroatoms. The lowest BCUT2D eigenvalue weighted by atomic mass is 10.0. The lowest BCUT2D eigenvalue weighted by Gasteiger charge is -2.14. The average molecular weight is 343 g/mol. The minimum atomic E-state index is -0.941. The molecule has 0 saturated heterocycles. The second-order valence-corrected chi connectivity index (χ2v) is 5.15. The number of aliphatic hydroxyl groups is 1. The van der Waals surface area contributed by atoms with Gasteiger partial charge < -0.3 is 5.11 Å². The van der Waals surface area contributed by atoms with Crippen molar-refractivity contribution in [1.82, 2.24) is 0 Å². The molecule has 0 aliphatic heterocycles. The molecule has 0 fully saturated rings. The van der Waals surface area contributed by atoms with Gasteiger partial charge in [-0.15, -0.1) is 0 Å². The van der Waals surface area contributed by atoms with Crippen LogP contribution in [0.4, 0.5) is 5.69 Å². The van der Waals surface area contributed by atoms with Crippen molar-refractivity contribution in [3.8, 4) is 0 Å². The zero-order chi connectivity index (χ0) is 14.0. The Morgan fingerprint density at radius 3 is 2.47 bits per heavy atom. The van der Waals surface area contributed by atoms with Crippen LogP contribution in [0.15, 0.2) is 46.9 Å². The summed E-state index contributed by atoms with van der Waals surface area (Å²) in [5.74, 6) is 0. The van der Waals surface area contributed by atoms with Crippen LogP contribution in [0.3, 0.4) is 0 Å². The Hall–Kier alpha value is -1.43. The summed E-state index contributed by atoms with van der Waals surface area (Å²) >= 11 is 9.25. The van der Waals surface area contributed by atoms with Crippen molar-refractivity contribution in [3.63, 3.8) is 0 Å². The maximum absolute atomic E-state index is 10.7. The Kier molecular flexibility index (Phi) is 4.19. The first kappa shape index (κ1) is 14.0. The van der Waals surface area contributed by atoms with E-state index in [-0.39, 0.29) is 5.69 Å². The van der Waals surface area contributed by atoms with E-state index < -0.39 is 11.0 Å². The van der Waals surface area contributed by atoms with Gasteiger partial charge in [0.25, 0.3) is 5.69 Å². The molecule has 1 atom stereocenters. The van der Waals surface area contributed by atoms with Crippen molar-refractivity contribution < 1.29 is 10.0 Å². The van der Waals surface area contributed by atoms with Gasteiger partial charge in [-0.05, 0) is 17.7 Å². The summed E-state index contributed by atoms with van der Waals surface area (Å²) in [5, 5.41) is 21.4. The number of non-ortho nitro benzene ring substituents is 1. The predicted octanol–water partition coefficient (Wildman–Crippen LogP) is 4.09. The molecule has 4 nitrogen and oxygen atoms in total. The maximum atomic E-state index is 10.7. The molecule has 0 amide bonds. The Labute approximate surface area is 122 Å². The van der Waals surface area contributed by atoms with E-state index in [0.717, 1.165) is 0 Å². The van der Waals surface area contributed by atoms with Crippen molar-refractivity contribution in [2.24, 2.45) is 0 Å². The van der Waals surface area contributed by atoms with Gasteiger partial charge in [-0.2, -0.15) is 0 Å². The molecule has 0 aliphatic carbocycles. The summed E-state index contributed by atoms with van der Waals surface area (Å²) in [7, 11) is 0. The standard InChI is InChI=1S/C13H9BrClNO3/c14-11-7-8(16(18)19)5-6-9(11)13(17)10-3-1-2-4-12(10)15/h1-7,13,17H/t13-/m1/s1. The summed E-state index contributed by atoms with van der Waals surface area (Å²) < 4.78 is 0.467. The highest BCUT2D eigenvalue weighted by atomic mass is 79.9. The Morgan fingerprint density at radius 1 is 1.21 bits per heavy atom. The van der Waals surface area contributed by atoms with E-state index in [1.807, 2.05) is 0 Å². The molecular weight excluding hydrogens is 334 g/mol. The zero-order valence-electron chi connectivity index (χ0n) is 9.59. The molecule has 98 valence electrons. The van der Waals surface area contributed by atoms with Crippen molar-refractivity contribution in [3.05, 3.63) is 73.2 Å². The second kappa shape index (κ2) is 5.69. The minimum Gasteiger partial charge on any atom is -0.384 e. The van der Waals surface area contributed by atoms with E-state index in [9.17, 15) is 15.2 Å². The first-order valence-corrected chi connectivity index (χ1v) is 6.54. The number of hydrogen-bond acceptors (Lipinski definition) is 3. The van der Waals surface area contributed by atoms with Gasteiger partial charge in [-0.25, -0.2) is 0 Å². The zero-order valence-corrected chi connectivity index (χ0v) is 11.9. The molecule has 2 rings (SSSR count). The SMILES string of the molecule is O=[N+]([O-])c1ccc([C@@H](O)c2ccccc2Cl)c(Br)c1. The summed E-state index contributed by atoms with van der Waals surface area (Å²) in [5.41, 5.74) is 1.04. The lowest BCUT2D eigenvalue weighted by molar-refractivity contribution is -0.384. The third-order valence-electron chi connectivity index (χ3n) is 2.69. The molecule has 0 aliphatic rings. The third-order valence-corrected chi connectivity index (χ3v) is 3.72. The highest BCUT2D eigenvalue weighted by Gasteiger charge is 2.18. The molecule has 0 aromatic heterocycles. The van der Waals surface area contributed by atoms with Crippen LogP contribution in [0, 0.1) is 10.1 Å². The number of nitro groups is 1. The van der Waals surface area contributed by atoms with Gasteiger partial charge >= 0.3 is 0 Å². The van der Waals surface area contributed by atoms with E-state index in [0.29, 0.717) is 20.6 Å². The quantitative estimate of drug-likeness (QED) is 0.675. The Balaban J connectivity index is 2.42. The molecule has 0 radical (unpaired) electrons. The fraction of sp³-hybridized carbons (Fsp3) is 0.0769. The van der Waals surface area contributed by atoms with Crippen LogP contribution < -0.4 is 0 Å². The van der Waals surface area contributed by atoms with Crippen LogP contribution >= 0.6 is 27.5 Å². The molecule has 2 aromatic rings. The number of nitrogens with zero attached hydrogens (tertiary/aromatic N) is 1. The van der Waals surface area contributed by atoms with E-state index >= 15 is 0 Å². The molecule has 0 saturated carbocycles. The van der Waals surface area contributed by atoms with Crippen molar-refractivity contribution in [2.75, 3.05) is 0 Å². The molecule has 19 heavy (non-hydrogen) atoms. The number of benzene rings is 2. The number of nitro benzene ring substituents is 1. The molecule has 2 aromatic carbocycles. The molecule has 0 unspecified atom stereocenters. The van der Waals surface area contributed by atoms with Crippen molar-refractivity contribution in [1.29, 1.82) is 0 Å². The fourth-order valence-electron chi connectivity index (χ4n) is 1.72. The summed E-state index contributed by atoms with van der Waals surface area (Å²) in [6, 6.07) is 11.1. The molecule has 0 spiro atoms. The van der Waals surface area contributed by atoms with Gasteiger partial charge in [0.2, 0.25) is 0 Å². The van der Waals surface area contributed by atoms with E-state index in [2.05, 4.69) is 15.9 Å². The highest BCUT2D eigenvalue weighted by Crippen LogP contribution is 2.33. The monoisotopic (exact) mass is 341 g/mol. The first-order valence-electron chi connectivity index (χ1n) is 5.37. The van der Waals surface area contributed by atoms with Crippen molar-refractivity contribution >= 4 is 33.2 Å². The molecule has 1 N–H and O–H groups in total. The topological polar surface area (TPSA) is 63.4 Å². The predicted molar refractivity (Wildman–Crippen MR) is 76.3 cm³/mol. The smallest absolute Gasteiger partial charge is 0.270 e. The number of halogens is 2. The summed E-state index contributed by atoms with van der Waals surface area (Å²) in [4.78, 5) is 10.2. The van der Waals surface area contributed by atoms with Gasteiger partial charge in [0.1, 0.15) is 6.10 Å². The van der Waals surface area contributed by atoms with Gasteiger partial charge in [-0.3, -0.25) is 10.1 Å². The first-order chi connectivity index (χ1) is 9.00. The van der Waals surface area contributed by atoms with E-state index in [1.165, 1.54) is 18.2 Å². The van der Waals surface area contributed by atoms with E-state index in [4.69, 9.17) is 11.6 Å². The Morgan fingerprint density at radius 2 is 1.89 bits per heavy atom. The molecule has 0 bridgehead atoms. The lowest BCUT2D eigenvalue weighted by Crippen LogP contribution is -2.02. The minimum absolute atomic E-state index is 0.0398. The van der Waals surface area contributed by atoms with E-state index in [1.54, 1.807) is 24.3 Å². The van der Waals surface area contributed by atoms with Crippen LogP contribution in [0.25, 0.3) is 0 Å². The second-order valence-electron chi connectivity index (χ2n) is 3.89. The van der Waals surface area contributed by atoms with Crippen LogP contribution in [-0.2, 0) is 0 Å². The fourth-order valence-corrected chi connectivity index (χ4v) is 2.54. The van der Waals surface area contributed by atoms with Crippen LogP contribution in [0.2, 0.25) is 5.02 Å². The van der Waals surface area contributed by atoms with Gasteiger partial charge in [0.05, 0.1) is 4.92 Å². The average Bonchev–Trinajstić information content (AvgIpc) is 2.38. The van der Waals surface area contributed by atoms with Gasteiger partial charge in [0, 0.05) is 27.2 Å². The number of aliphatic hydroxyl groups excluding tert-OH is 1.